The number of aromatic nitrogens is 2. The molecule has 2 aliphatic rings. The van der Waals surface area contributed by atoms with Crippen molar-refractivity contribution in [3.8, 4) is 0 Å². The van der Waals surface area contributed by atoms with Crippen LogP contribution in [-0.2, 0) is 11.2 Å². The largest absolute Gasteiger partial charge is 0.383 e. The molecule has 27 heavy (non-hydrogen) atoms. The Hall–Kier alpha value is -1.73. The molecule has 1 aromatic heterocycles. The number of carbonyl (C=O) groups excluding carboxylic acids is 1. The average molecular weight is 376 g/mol. The number of hydrogen-bond acceptors (Lipinski definition) is 6. The summed E-state index contributed by atoms with van der Waals surface area (Å²) in [6.07, 6.45) is 3.26. The van der Waals surface area contributed by atoms with Gasteiger partial charge in [-0.3, -0.25) is 4.79 Å². The first-order chi connectivity index (χ1) is 13.0. The van der Waals surface area contributed by atoms with Crippen LogP contribution in [0.1, 0.15) is 54.5 Å². The zero-order valence-electron chi connectivity index (χ0n) is 17.1. The quantitative estimate of drug-likeness (QED) is 0.782. The maximum Gasteiger partial charge on any atom is 0.270 e. The summed E-state index contributed by atoms with van der Waals surface area (Å²) in [7, 11) is 3.86. The zero-order chi connectivity index (χ0) is 19.4. The monoisotopic (exact) mass is 375 g/mol. The summed E-state index contributed by atoms with van der Waals surface area (Å²) in [5.74, 6) is 2.41. The summed E-state index contributed by atoms with van der Waals surface area (Å²) in [4.78, 5) is 26.5. The minimum atomic E-state index is -0.0707. The molecule has 0 aliphatic carbocycles. The molecule has 150 valence electrons. The van der Waals surface area contributed by atoms with Crippen molar-refractivity contribution < 1.29 is 9.53 Å². The summed E-state index contributed by atoms with van der Waals surface area (Å²) in [6.45, 7) is 9.79. The van der Waals surface area contributed by atoms with E-state index >= 15 is 0 Å². The van der Waals surface area contributed by atoms with Crippen LogP contribution in [0.15, 0.2) is 0 Å². The number of likely N-dealkylation sites (tertiary alicyclic amines) is 1. The summed E-state index contributed by atoms with van der Waals surface area (Å²) >= 11 is 0. The normalized spacial score (nSPS) is 20.5. The molecule has 2 aliphatic heterocycles. The lowest BCUT2D eigenvalue weighted by atomic mass is 9.97. The number of amides is 1. The van der Waals surface area contributed by atoms with Crippen LogP contribution in [0, 0.1) is 5.92 Å². The van der Waals surface area contributed by atoms with Crippen molar-refractivity contribution in [1.29, 1.82) is 0 Å². The molecule has 7 heteroatoms. The van der Waals surface area contributed by atoms with Crippen LogP contribution < -0.4 is 10.2 Å². The van der Waals surface area contributed by atoms with Crippen LogP contribution in [0.5, 0.6) is 0 Å². The number of hydrogen-bond donors (Lipinski definition) is 1. The van der Waals surface area contributed by atoms with Gasteiger partial charge >= 0.3 is 0 Å². The van der Waals surface area contributed by atoms with Gasteiger partial charge in [-0.05, 0) is 31.7 Å². The van der Waals surface area contributed by atoms with Crippen molar-refractivity contribution in [3.63, 3.8) is 0 Å². The number of anilines is 1. The Morgan fingerprint density at radius 2 is 2.19 bits per heavy atom. The number of fused-ring (bicyclic) bond motifs is 1. The minimum Gasteiger partial charge on any atom is -0.383 e. The Morgan fingerprint density at radius 3 is 2.93 bits per heavy atom. The maximum atomic E-state index is 12.3. The summed E-state index contributed by atoms with van der Waals surface area (Å²) < 4.78 is 5.23. The molecule has 1 atom stereocenters. The van der Waals surface area contributed by atoms with Crippen molar-refractivity contribution in [2.24, 2.45) is 5.92 Å². The van der Waals surface area contributed by atoms with E-state index in [1.54, 1.807) is 7.11 Å². The first-order valence-electron chi connectivity index (χ1n) is 10.1. The number of nitrogens with one attached hydrogen (secondary N) is 1. The van der Waals surface area contributed by atoms with Crippen LogP contribution in [0.2, 0.25) is 0 Å². The molecule has 0 bridgehead atoms. The minimum absolute atomic E-state index is 0.0707. The second kappa shape index (κ2) is 8.97. The van der Waals surface area contributed by atoms with Gasteiger partial charge in [-0.2, -0.15) is 0 Å². The highest BCUT2D eigenvalue weighted by Gasteiger charge is 2.28. The van der Waals surface area contributed by atoms with Crippen molar-refractivity contribution in [2.45, 2.75) is 39.0 Å². The zero-order valence-corrected chi connectivity index (χ0v) is 17.1. The Bertz CT molecular complexity index is 664. The van der Waals surface area contributed by atoms with Gasteiger partial charge in [0.2, 0.25) is 0 Å². The highest BCUT2D eigenvalue weighted by Crippen LogP contribution is 2.27. The van der Waals surface area contributed by atoms with Crippen LogP contribution in [-0.4, -0.2) is 74.3 Å². The van der Waals surface area contributed by atoms with Gasteiger partial charge in [-0.15, -0.1) is 0 Å². The fourth-order valence-electron chi connectivity index (χ4n) is 4.06. The van der Waals surface area contributed by atoms with Gasteiger partial charge in [0.05, 0.1) is 6.61 Å². The van der Waals surface area contributed by atoms with E-state index in [-0.39, 0.29) is 11.8 Å². The number of carbonyl (C=O) groups is 1. The van der Waals surface area contributed by atoms with Crippen LogP contribution in [0.25, 0.3) is 0 Å². The highest BCUT2D eigenvalue weighted by molar-refractivity contribution is 5.96. The molecule has 1 saturated heterocycles. The van der Waals surface area contributed by atoms with Crippen molar-refractivity contribution in [1.82, 2.24) is 20.2 Å². The van der Waals surface area contributed by atoms with E-state index in [1.807, 2.05) is 0 Å². The van der Waals surface area contributed by atoms with Crippen LogP contribution in [0.4, 0.5) is 5.82 Å². The van der Waals surface area contributed by atoms with Gasteiger partial charge < -0.3 is 19.9 Å². The molecule has 3 rings (SSSR count). The molecule has 1 amide bonds. The molecule has 0 spiro atoms. The molecule has 1 N–H and O–H groups in total. The fourth-order valence-corrected chi connectivity index (χ4v) is 4.06. The van der Waals surface area contributed by atoms with Gasteiger partial charge in [0.15, 0.2) is 0 Å². The van der Waals surface area contributed by atoms with E-state index < -0.39 is 0 Å². The Labute approximate surface area is 162 Å². The van der Waals surface area contributed by atoms with E-state index in [2.05, 4.69) is 41.0 Å². The maximum absolute atomic E-state index is 12.3. The highest BCUT2D eigenvalue weighted by atomic mass is 16.5. The van der Waals surface area contributed by atoms with E-state index in [4.69, 9.17) is 9.72 Å². The Morgan fingerprint density at radius 1 is 1.37 bits per heavy atom. The molecule has 0 saturated carbocycles. The molecule has 7 nitrogen and oxygen atoms in total. The molecular formula is C20H33N5O2. The molecule has 3 heterocycles. The molecule has 0 aromatic carbocycles. The summed E-state index contributed by atoms with van der Waals surface area (Å²) in [6, 6.07) is 0. The predicted molar refractivity (Wildman–Crippen MR) is 106 cm³/mol. The van der Waals surface area contributed by atoms with Crippen molar-refractivity contribution in [2.75, 3.05) is 58.4 Å². The van der Waals surface area contributed by atoms with E-state index in [0.717, 1.165) is 56.4 Å². The third kappa shape index (κ3) is 4.76. The number of piperidine rings is 1. The third-order valence-electron chi connectivity index (χ3n) is 5.50. The summed E-state index contributed by atoms with van der Waals surface area (Å²) in [5.41, 5.74) is 1.56. The number of rotatable bonds is 7. The molecule has 0 radical (unpaired) electrons. The van der Waals surface area contributed by atoms with Crippen LogP contribution >= 0.6 is 0 Å². The second-order valence-electron chi connectivity index (χ2n) is 8.08. The van der Waals surface area contributed by atoms with E-state index in [0.29, 0.717) is 18.2 Å². The van der Waals surface area contributed by atoms with Gasteiger partial charge in [0.25, 0.3) is 5.91 Å². The van der Waals surface area contributed by atoms with E-state index in [9.17, 15) is 4.79 Å². The van der Waals surface area contributed by atoms with Gasteiger partial charge in [-0.1, -0.05) is 13.8 Å². The number of methoxy groups -OCH3 is 1. The van der Waals surface area contributed by atoms with Gasteiger partial charge in [-0.25, -0.2) is 9.97 Å². The van der Waals surface area contributed by atoms with Gasteiger partial charge in [0.1, 0.15) is 17.3 Å². The predicted octanol–water partition coefficient (Wildman–Crippen LogP) is 1.68. The third-order valence-corrected chi connectivity index (χ3v) is 5.50. The molecule has 1 aromatic rings. The smallest absolute Gasteiger partial charge is 0.270 e. The first-order valence-corrected chi connectivity index (χ1v) is 10.1. The van der Waals surface area contributed by atoms with Crippen molar-refractivity contribution >= 4 is 11.7 Å². The topological polar surface area (TPSA) is 70.6 Å². The molecule has 1 unspecified atom stereocenters. The average Bonchev–Trinajstić information content (AvgIpc) is 2.66. The molecular weight excluding hydrogens is 342 g/mol. The standard InChI is InChI=1S/C20H33N5O2/c1-14(2)18-22-17-16(7-8-21-20(17)26)19(23-18)24(3)12-15-6-5-9-25(13-15)10-11-27-4/h14-15H,5-13H2,1-4H3,(H,21,26). The Balaban J connectivity index is 1.77. The first kappa shape index (κ1) is 20.0. The lowest BCUT2D eigenvalue weighted by Gasteiger charge is -2.35. The number of ether oxygens (including phenoxy) is 1. The van der Waals surface area contributed by atoms with E-state index in [1.165, 1.54) is 12.8 Å². The number of nitrogens with zero attached hydrogens (tertiary/aromatic N) is 4. The Kier molecular flexibility index (Phi) is 6.65. The molecule has 1 fully saturated rings. The lowest BCUT2D eigenvalue weighted by Crippen LogP contribution is -2.42. The van der Waals surface area contributed by atoms with Crippen molar-refractivity contribution in [3.05, 3.63) is 17.1 Å². The second-order valence-corrected chi connectivity index (χ2v) is 8.08. The lowest BCUT2D eigenvalue weighted by molar-refractivity contribution is 0.0940. The van der Waals surface area contributed by atoms with Gasteiger partial charge in [0, 0.05) is 51.8 Å². The SMILES string of the molecule is COCCN1CCCC(CN(C)c2nc(C(C)C)nc3c2CCNC3=O)C1. The van der Waals surface area contributed by atoms with Crippen LogP contribution in [0.3, 0.4) is 0 Å². The fraction of sp³-hybridized carbons (Fsp3) is 0.750. The summed E-state index contributed by atoms with van der Waals surface area (Å²) in [5, 5.41) is 2.91.